The number of hydrogen-bond donors (Lipinski definition) is 1. The maximum Gasteiger partial charge on any atom is 0.184 e. The molecule has 104 valence electrons. The van der Waals surface area contributed by atoms with Gasteiger partial charge in [-0.3, -0.25) is 4.57 Å². The Hall–Kier alpha value is -1.95. The molecule has 4 nitrogen and oxygen atoms in total. The van der Waals surface area contributed by atoms with Crippen LogP contribution in [0.5, 0.6) is 0 Å². The summed E-state index contributed by atoms with van der Waals surface area (Å²) in [6, 6.07) is 5.12. The summed E-state index contributed by atoms with van der Waals surface area (Å²) in [5.74, 6) is -0.291. The minimum Gasteiger partial charge on any atom is -0.327 e. The summed E-state index contributed by atoms with van der Waals surface area (Å²) in [5, 5.41) is 4.44. The lowest BCUT2D eigenvalue weighted by atomic mass is 10.2. The van der Waals surface area contributed by atoms with E-state index in [1.165, 1.54) is 6.07 Å². The predicted molar refractivity (Wildman–Crippen MR) is 79.3 cm³/mol. The average Bonchev–Trinajstić information content (AvgIpc) is 2.87. The van der Waals surface area contributed by atoms with Gasteiger partial charge < -0.3 is 4.98 Å². The molecule has 20 heavy (non-hydrogen) atoms. The predicted octanol–water partition coefficient (Wildman–Crippen LogP) is 3.43. The second kappa shape index (κ2) is 4.56. The number of halogens is 1. The number of hydrogen-bond acceptors (Lipinski definition) is 2. The summed E-state index contributed by atoms with van der Waals surface area (Å²) < 4.78 is 18.1. The van der Waals surface area contributed by atoms with Crippen molar-refractivity contribution in [3.8, 4) is 5.69 Å². The minimum atomic E-state index is -0.291. The lowest BCUT2D eigenvalue weighted by Gasteiger charge is -2.07. The molecule has 1 N–H and O–H groups in total. The zero-order valence-corrected chi connectivity index (χ0v) is 12.4. The van der Waals surface area contributed by atoms with Crippen LogP contribution in [0.3, 0.4) is 0 Å². The first kappa shape index (κ1) is 13.1. The normalized spacial score (nSPS) is 11.4. The minimum absolute atomic E-state index is 0.291. The Balaban J connectivity index is 2.39. The molecule has 3 rings (SSSR count). The van der Waals surface area contributed by atoms with Gasteiger partial charge in [0.05, 0.1) is 11.4 Å². The van der Waals surface area contributed by atoms with E-state index in [1.807, 2.05) is 27.0 Å². The fourth-order valence-corrected chi connectivity index (χ4v) is 2.76. The molecule has 0 saturated carbocycles. The Morgan fingerprint density at radius 1 is 1.40 bits per heavy atom. The van der Waals surface area contributed by atoms with Gasteiger partial charge in [0, 0.05) is 7.05 Å². The third kappa shape index (κ3) is 1.79. The van der Waals surface area contributed by atoms with Gasteiger partial charge in [-0.25, -0.2) is 9.07 Å². The summed E-state index contributed by atoms with van der Waals surface area (Å²) in [6.45, 7) is 3.89. The second-order valence-corrected chi connectivity index (χ2v) is 5.23. The standard InChI is InChI=1S/C14H15FN4S/c1-4-10-12-13(18(3)17-10)19(14(20)16-12)11-6-5-8(2)7-9(11)15/h5-7H,4H2,1-3H3,(H,16,20). The number of aromatic nitrogens is 4. The van der Waals surface area contributed by atoms with Gasteiger partial charge in [0.15, 0.2) is 10.4 Å². The Morgan fingerprint density at radius 3 is 2.80 bits per heavy atom. The van der Waals surface area contributed by atoms with Crippen LogP contribution in [0, 0.1) is 17.5 Å². The first-order valence-electron chi connectivity index (χ1n) is 6.46. The second-order valence-electron chi connectivity index (χ2n) is 4.84. The van der Waals surface area contributed by atoms with Crippen LogP contribution in [0.1, 0.15) is 18.2 Å². The fourth-order valence-electron chi connectivity index (χ4n) is 2.48. The molecule has 0 spiro atoms. The average molecular weight is 290 g/mol. The van der Waals surface area contributed by atoms with Gasteiger partial charge in [-0.15, -0.1) is 0 Å². The largest absolute Gasteiger partial charge is 0.327 e. The number of nitrogens with one attached hydrogen (secondary N) is 1. The molecule has 0 bridgehead atoms. The third-order valence-corrected chi connectivity index (χ3v) is 3.70. The van der Waals surface area contributed by atoms with Crippen molar-refractivity contribution >= 4 is 23.4 Å². The van der Waals surface area contributed by atoms with Crippen LogP contribution in [-0.2, 0) is 13.5 Å². The van der Waals surface area contributed by atoms with E-state index in [9.17, 15) is 4.39 Å². The van der Waals surface area contributed by atoms with Crippen molar-refractivity contribution in [2.45, 2.75) is 20.3 Å². The molecule has 0 unspecified atom stereocenters. The number of H-pyrrole nitrogens is 1. The molecular weight excluding hydrogens is 275 g/mol. The van der Waals surface area contributed by atoms with Crippen LogP contribution in [0.25, 0.3) is 16.9 Å². The summed E-state index contributed by atoms with van der Waals surface area (Å²) >= 11 is 5.35. The van der Waals surface area contributed by atoms with Crippen molar-refractivity contribution in [3.05, 3.63) is 40.0 Å². The van der Waals surface area contributed by atoms with Crippen LogP contribution >= 0.6 is 12.2 Å². The quantitative estimate of drug-likeness (QED) is 0.734. The van der Waals surface area contributed by atoms with Crippen molar-refractivity contribution in [1.29, 1.82) is 0 Å². The van der Waals surface area contributed by atoms with Gasteiger partial charge in [0.25, 0.3) is 0 Å². The Morgan fingerprint density at radius 2 is 2.15 bits per heavy atom. The van der Waals surface area contributed by atoms with Gasteiger partial charge in [0.1, 0.15) is 11.3 Å². The molecule has 0 radical (unpaired) electrons. The van der Waals surface area contributed by atoms with Crippen LogP contribution in [0.4, 0.5) is 4.39 Å². The molecule has 0 aliphatic heterocycles. The fraction of sp³-hybridized carbons (Fsp3) is 0.286. The van der Waals surface area contributed by atoms with E-state index >= 15 is 0 Å². The van der Waals surface area contributed by atoms with Gasteiger partial charge >= 0.3 is 0 Å². The van der Waals surface area contributed by atoms with Crippen molar-refractivity contribution in [3.63, 3.8) is 0 Å². The molecule has 0 amide bonds. The zero-order chi connectivity index (χ0) is 14.4. The molecule has 0 atom stereocenters. The number of fused-ring (bicyclic) bond motifs is 1. The number of nitrogens with zero attached hydrogens (tertiary/aromatic N) is 3. The monoisotopic (exact) mass is 290 g/mol. The van der Waals surface area contributed by atoms with Gasteiger partial charge in [-0.05, 0) is 43.3 Å². The molecule has 2 heterocycles. The molecule has 0 aliphatic rings. The Bertz CT molecular complexity index is 856. The molecule has 0 fully saturated rings. The van der Waals surface area contributed by atoms with Gasteiger partial charge in [0.2, 0.25) is 0 Å². The highest BCUT2D eigenvalue weighted by Gasteiger charge is 2.17. The van der Waals surface area contributed by atoms with E-state index in [0.717, 1.165) is 28.8 Å². The molecule has 6 heteroatoms. The van der Waals surface area contributed by atoms with E-state index in [4.69, 9.17) is 12.2 Å². The van der Waals surface area contributed by atoms with Crippen molar-refractivity contribution in [2.75, 3.05) is 0 Å². The Kier molecular flexibility index (Phi) is 2.97. The number of benzene rings is 1. The summed E-state index contributed by atoms with van der Waals surface area (Å²) in [5.41, 5.74) is 3.91. The van der Waals surface area contributed by atoms with E-state index in [2.05, 4.69) is 10.1 Å². The van der Waals surface area contributed by atoms with Crippen LogP contribution in [0.15, 0.2) is 18.2 Å². The molecule has 0 saturated heterocycles. The van der Waals surface area contributed by atoms with Gasteiger partial charge in [-0.1, -0.05) is 13.0 Å². The first-order valence-corrected chi connectivity index (χ1v) is 6.87. The van der Waals surface area contributed by atoms with Crippen molar-refractivity contribution in [1.82, 2.24) is 19.3 Å². The van der Waals surface area contributed by atoms with Crippen molar-refractivity contribution in [2.24, 2.45) is 7.05 Å². The molecule has 1 aromatic carbocycles. The highest BCUT2D eigenvalue weighted by Crippen LogP contribution is 2.24. The van der Waals surface area contributed by atoms with E-state index < -0.39 is 0 Å². The van der Waals surface area contributed by atoms with Gasteiger partial charge in [-0.2, -0.15) is 5.10 Å². The molecule has 2 aromatic heterocycles. The topological polar surface area (TPSA) is 38.5 Å². The number of aromatic amines is 1. The lowest BCUT2D eigenvalue weighted by molar-refractivity contribution is 0.615. The number of aryl methyl sites for hydroxylation is 3. The Labute approximate surface area is 120 Å². The summed E-state index contributed by atoms with van der Waals surface area (Å²) in [4.78, 5) is 3.14. The number of imidazole rings is 1. The molecule has 3 aromatic rings. The third-order valence-electron chi connectivity index (χ3n) is 3.42. The van der Waals surface area contributed by atoms with E-state index in [-0.39, 0.29) is 5.82 Å². The van der Waals surface area contributed by atoms with Crippen molar-refractivity contribution < 1.29 is 4.39 Å². The SMILES string of the molecule is CCc1nn(C)c2c1[nH]c(=S)n2-c1ccc(C)cc1F. The van der Waals surface area contributed by atoms with E-state index in [1.54, 1.807) is 15.3 Å². The maximum absolute atomic E-state index is 14.2. The van der Waals surface area contributed by atoms with Crippen LogP contribution in [-0.4, -0.2) is 19.3 Å². The maximum atomic E-state index is 14.2. The highest BCUT2D eigenvalue weighted by atomic mass is 32.1. The number of rotatable bonds is 2. The molecule has 0 aliphatic carbocycles. The lowest BCUT2D eigenvalue weighted by Crippen LogP contribution is -2.03. The smallest absolute Gasteiger partial charge is 0.184 e. The van der Waals surface area contributed by atoms with Crippen LogP contribution in [0.2, 0.25) is 0 Å². The summed E-state index contributed by atoms with van der Waals surface area (Å²) in [6.07, 6.45) is 0.795. The van der Waals surface area contributed by atoms with Crippen LogP contribution < -0.4 is 0 Å². The first-order chi connectivity index (χ1) is 9.52. The molecular formula is C14H15FN4S. The van der Waals surface area contributed by atoms with E-state index in [0.29, 0.717) is 10.5 Å². The summed E-state index contributed by atoms with van der Waals surface area (Å²) in [7, 11) is 1.84. The highest BCUT2D eigenvalue weighted by molar-refractivity contribution is 7.71. The zero-order valence-electron chi connectivity index (χ0n) is 11.6.